The Bertz CT molecular complexity index is 128. The standard InChI is InChI=1S/C8H15N/c1-7-4-3-5-8(7,2)9-6-7/h9H,3-6H2,1-2H3/t7-,8-/m0/s1. The van der Waals surface area contributed by atoms with E-state index < -0.39 is 0 Å². The zero-order valence-electron chi connectivity index (χ0n) is 6.33. The Morgan fingerprint density at radius 1 is 1.22 bits per heavy atom. The molecule has 1 saturated carbocycles. The lowest BCUT2D eigenvalue weighted by atomic mass is 9.68. The topological polar surface area (TPSA) is 12.0 Å². The van der Waals surface area contributed by atoms with Crippen LogP contribution in [-0.4, -0.2) is 12.1 Å². The Labute approximate surface area is 56.8 Å². The lowest BCUT2D eigenvalue weighted by molar-refractivity contribution is 0.0476. The van der Waals surface area contributed by atoms with Gasteiger partial charge in [-0.2, -0.15) is 0 Å². The van der Waals surface area contributed by atoms with Gasteiger partial charge in [0.2, 0.25) is 0 Å². The molecule has 1 aliphatic heterocycles. The third kappa shape index (κ3) is 0.493. The van der Waals surface area contributed by atoms with Gasteiger partial charge in [0.25, 0.3) is 0 Å². The summed E-state index contributed by atoms with van der Waals surface area (Å²) in [6.07, 6.45) is 4.26. The monoisotopic (exact) mass is 125 g/mol. The highest BCUT2D eigenvalue weighted by Gasteiger charge is 2.55. The van der Waals surface area contributed by atoms with Gasteiger partial charge in [0.05, 0.1) is 0 Å². The van der Waals surface area contributed by atoms with Gasteiger partial charge in [-0.3, -0.25) is 0 Å². The molecule has 1 heteroatoms. The lowest BCUT2D eigenvalue weighted by Crippen LogP contribution is -2.66. The predicted octanol–water partition coefficient (Wildman–Crippen LogP) is 1.54. The number of nitrogens with one attached hydrogen (secondary N) is 1. The highest BCUT2D eigenvalue weighted by molar-refractivity contribution is 5.12. The van der Waals surface area contributed by atoms with E-state index in [0.29, 0.717) is 11.0 Å². The first-order valence-electron chi connectivity index (χ1n) is 3.91. The minimum atomic E-state index is 0.521. The zero-order chi connectivity index (χ0) is 6.54. The molecule has 1 N–H and O–H groups in total. The van der Waals surface area contributed by atoms with Crippen molar-refractivity contribution in [1.29, 1.82) is 0 Å². The van der Waals surface area contributed by atoms with Gasteiger partial charge in [-0.1, -0.05) is 13.3 Å². The van der Waals surface area contributed by atoms with Crippen LogP contribution in [0.3, 0.4) is 0 Å². The molecule has 0 bridgehead atoms. The Balaban J connectivity index is 2.26. The van der Waals surface area contributed by atoms with Crippen LogP contribution in [0, 0.1) is 5.41 Å². The summed E-state index contributed by atoms with van der Waals surface area (Å²) in [5.74, 6) is 0. The molecule has 0 aromatic heterocycles. The van der Waals surface area contributed by atoms with Gasteiger partial charge < -0.3 is 5.32 Å². The van der Waals surface area contributed by atoms with Crippen LogP contribution < -0.4 is 5.32 Å². The summed E-state index contributed by atoms with van der Waals surface area (Å²) >= 11 is 0. The van der Waals surface area contributed by atoms with Gasteiger partial charge in [-0.05, 0) is 25.2 Å². The fourth-order valence-electron chi connectivity index (χ4n) is 2.28. The summed E-state index contributed by atoms with van der Waals surface area (Å²) in [6.45, 7) is 6.03. The second-order valence-corrected chi connectivity index (χ2v) is 4.10. The Morgan fingerprint density at radius 3 is 2.22 bits per heavy atom. The molecule has 2 fully saturated rings. The molecule has 0 aromatic carbocycles. The number of hydrogen-bond acceptors (Lipinski definition) is 1. The maximum Gasteiger partial charge on any atom is 0.0219 e. The van der Waals surface area contributed by atoms with E-state index in [2.05, 4.69) is 19.2 Å². The van der Waals surface area contributed by atoms with E-state index in [1.807, 2.05) is 0 Å². The summed E-state index contributed by atoms with van der Waals surface area (Å²) in [7, 11) is 0. The molecule has 1 aliphatic carbocycles. The van der Waals surface area contributed by atoms with Gasteiger partial charge in [-0.25, -0.2) is 0 Å². The summed E-state index contributed by atoms with van der Waals surface area (Å²) in [6, 6.07) is 0. The summed E-state index contributed by atoms with van der Waals surface area (Å²) in [4.78, 5) is 0. The maximum absolute atomic E-state index is 3.52. The molecule has 0 aromatic rings. The molecule has 2 aliphatic rings. The second-order valence-electron chi connectivity index (χ2n) is 4.10. The third-order valence-electron chi connectivity index (χ3n) is 3.61. The molecule has 1 heterocycles. The molecule has 0 radical (unpaired) electrons. The molecule has 0 amide bonds. The third-order valence-corrected chi connectivity index (χ3v) is 3.61. The molecule has 1 nitrogen and oxygen atoms in total. The van der Waals surface area contributed by atoms with Crippen molar-refractivity contribution in [3.05, 3.63) is 0 Å². The van der Waals surface area contributed by atoms with Crippen LogP contribution in [0.2, 0.25) is 0 Å². The minimum Gasteiger partial charge on any atom is -0.310 e. The van der Waals surface area contributed by atoms with Crippen molar-refractivity contribution in [2.75, 3.05) is 6.54 Å². The molecule has 9 heavy (non-hydrogen) atoms. The fourth-order valence-corrected chi connectivity index (χ4v) is 2.28. The van der Waals surface area contributed by atoms with Crippen molar-refractivity contribution in [3.8, 4) is 0 Å². The molecule has 0 unspecified atom stereocenters. The molecular formula is C8H15N. The van der Waals surface area contributed by atoms with Crippen LogP contribution >= 0.6 is 0 Å². The van der Waals surface area contributed by atoms with E-state index in [1.165, 1.54) is 25.8 Å². The van der Waals surface area contributed by atoms with Gasteiger partial charge in [-0.15, -0.1) is 0 Å². The van der Waals surface area contributed by atoms with Crippen molar-refractivity contribution < 1.29 is 0 Å². The van der Waals surface area contributed by atoms with Gasteiger partial charge in [0.15, 0.2) is 0 Å². The fraction of sp³-hybridized carbons (Fsp3) is 1.00. The highest BCUT2D eigenvalue weighted by atomic mass is 15.1. The van der Waals surface area contributed by atoms with Crippen LogP contribution in [-0.2, 0) is 0 Å². The first-order chi connectivity index (χ1) is 4.16. The number of rotatable bonds is 0. The molecule has 1 saturated heterocycles. The summed E-state index contributed by atoms with van der Waals surface area (Å²) in [5, 5.41) is 3.52. The number of hydrogen-bond donors (Lipinski definition) is 1. The van der Waals surface area contributed by atoms with E-state index in [0.717, 1.165) is 0 Å². The molecule has 2 atom stereocenters. The van der Waals surface area contributed by atoms with Gasteiger partial charge >= 0.3 is 0 Å². The van der Waals surface area contributed by atoms with Crippen LogP contribution in [0.4, 0.5) is 0 Å². The average molecular weight is 125 g/mol. The average Bonchev–Trinajstić information content (AvgIpc) is 1.98. The molecule has 0 spiro atoms. The lowest BCUT2D eigenvalue weighted by Gasteiger charge is -2.53. The zero-order valence-corrected chi connectivity index (χ0v) is 6.33. The van der Waals surface area contributed by atoms with E-state index in [9.17, 15) is 0 Å². The first-order valence-corrected chi connectivity index (χ1v) is 3.91. The Morgan fingerprint density at radius 2 is 2.00 bits per heavy atom. The Kier molecular flexibility index (Phi) is 0.852. The summed E-state index contributed by atoms with van der Waals surface area (Å²) < 4.78 is 0. The van der Waals surface area contributed by atoms with Crippen LogP contribution in [0.25, 0.3) is 0 Å². The number of fused-ring (bicyclic) bond motifs is 1. The molecular weight excluding hydrogens is 110 g/mol. The quantitative estimate of drug-likeness (QED) is 0.518. The Hall–Kier alpha value is -0.0400. The van der Waals surface area contributed by atoms with Crippen molar-refractivity contribution in [2.24, 2.45) is 5.41 Å². The molecule has 52 valence electrons. The smallest absolute Gasteiger partial charge is 0.0219 e. The van der Waals surface area contributed by atoms with Crippen molar-refractivity contribution in [2.45, 2.75) is 38.6 Å². The van der Waals surface area contributed by atoms with E-state index in [4.69, 9.17) is 0 Å². The normalized spacial score (nSPS) is 56.7. The van der Waals surface area contributed by atoms with Crippen LogP contribution in [0.15, 0.2) is 0 Å². The van der Waals surface area contributed by atoms with Gasteiger partial charge in [0, 0.05) is 12.1 Å². The van der Waals surface area contributed by atoms with Crippen molar-refractivity contribution in [3.63, 3.8) is 0 Å². The maximum atomic E-state index is 3.52. The first kappa shape index (κ1) is 5.72. The minimum absolute atomic E-state index is 0.521. The van der Waals surface area contributed by atoms with Gasteiger partial charge in [0.1, 0.15) is 0 Å². The SMILES string of the molecule is C[C@@]12CCC[C@]1(C)NC2. The van der Waals surface area contributed by atoms with E-state index >= 15 is 0 Å². The van der Waals surface area contributed by atoms with E-state index in [-0.39, 0.29) is 0 Å². The summed E-state index contributed by atoms with van der Waals surface area (Å²) in [5.41, 5.74) is 1.18. The largest absolute Gasteiger partial charge is 0.310 e. The predicted molar refractivity (Wildman–Crippen MR) is 38.4 cm³/mol. The van der Waals surface area contributed by atoms with E-state index in [1.54, 1.807) is 0 Å². The van der Waals surface area contributed by atoms with Crippen LogP contribution in [0.5, 0.6) is 0 Å². The van der Waals surface area contributed by atoms with Crippen molar-refractivity contribution >= 4 is 0 Å². The van der Waals surface area contributed by atoms with Crippen molar-refractivity contribution in [1.82, 2.24) is 5.32 Å². The van der Waals surface area contributed by atoms with Crippen LogP contribution in [0.1, 0.15) is 33.1 Å². The second kappa shape index (κ2) is 1.34. The highest BCUT2D eigenvalue weighted by Crippen LogP contribution is 2.51. The molecule has 2 rings (SSSR count).